The summed E-state index contributed by atoms with van der Waals surface area (Å²) >= 11 is 1.73. The van der Waals surface area contributed by atoms with Crippen LogP contribution in [-0.4, -0.2) is 25.2 Å². The molecule has 4 heteroatoms. The van der Waals surface area contributed by atoms with E-state index >= 15 is 0 Å². The lowest BCUT2D eigenvalue weighted by atomic mass is 10.1. The van der Waals surface area contributed by atoms with Crippen LogP contribution in [0.2, 0.25) is 0 Å². The topological polar surface area (TPSA) is 34.1 Å². The van der Waals surface area contributed by atoms with Gasteiger partial charge in [0.05, 0.1) is 17.8 Å². The Kier molecular flexibility index (Phi) is 4.93. The van der Waals surface area contributed by atoms with Crippen LogP contribution in [0.1, 0.15) is 23.2 Å². The number of nitrogens with zero attached hydrogens (tertiary/aromatic N) is 1. The fraction of sp³-hybridized carbons (Fsp3) is 0.400. The number of ether oxygens (including phenoxy) is 1. The Morgan fingerprint density at radius 1 is 1.42 bits per heavy atom. The van der Waals surface area contributed by atoms with Gasteiger partial charge in [-0.2, -0.15) is 0 Å². The molecule has 2 rings (SSSR count). The number of nitrogens with one attached hydrogen (secondary N) is 1. The van der Waals surface area contributed by atoms with Gasteiger partial charge in [0.1, 0.15) is 5.75 Å². The summed E-state index contributed by atoms with van der Waals surface area (Å²) in [6.07, 6.45) is 1.85. The molecule has 19 heavy (non-hydrogen) atoms. The zero-order valence-electron chi connectivity index (χ0n) is 11.6. The van der Waals surface area contributed by atoms with Crippen molar-refractivity contribution in [3.05, 3.63) is 45.9 Å². The maximum Gasteiger partial charge on any atom is 0.119 e. The van der Waals surface area contributed by atoms with Crippen LogP contribution in [0.3, 0.4) is 0 Å². The van der Waals surface area contributed by atoms with E-state index in [2.05, 4.69) is 34.7 Å². The summed E-state index contributed by atoms with van der Waals surface area (Å²) in [5.74, 6) is 0.901. The molecular formula is C15H20N2OS. The Labute approximate surface area is 118 Å². The molecule has 0 saturated heterocycles. The summed E-state index contributed by atoms with van der Waals surface area (Å²) in [5.41, 5.74) is 2.41. The monoisotopic (exact) mass is 276 g/mol. The number of rotatable bonds is 6. The van der Waals surface area contributed by atoms with Crippen LogP contribution in [0.15, 0.2) is 29.6 Å². The van der Waals surface area contributed by atoms with Crippen LogP contribution >= 0.6 is 11.3 Å². The van der Waals surface area contributed by atoms with E-state index in [-0.39, 0.29) is 0 Å². The maximum absolute atomic E-state index is 5.24. The molecule has 1 aromatic carbocycles. The molecule has 1 unspecified atom stereocenters. The minimum Gasteiger partial charge on any atom is -0.497 e. The Balaban J connectivity index is 2.02. The zero-order chi connectivity index (χ0) is 13.7. The summed E-state index contributed by atoms with van der Waals surface area (Å²) in [5, 5.41) is 6.55. The van der Waals surface area contributed by atoms with Gasteiger partial charge in [-0.1, -0.05) is 12.1 Å². The number of hydrogen-bond acceptors (Lipinski definition) is 4. The molecule has 0 aliphatic rings. The maximum atomic E-state index is 5.24. The van der Waals surface area contributed by atoms with Gasteiger partial charge in [-0.15, -0.1) is 11.3 Å². The summed E-state index contributed by atoms with van der Waals surface area (Å²) in [6, 6.07) is 8.63. The first-order chi connectivity index (χ1) is 9.21. The van der Waals surface area contributed by atoms with E-state index in [4.69, 9.17) is 4.74 Å². The predicted octanol–water partition coefficient (Wildman–Crippen LogP) is 2.89. The number of aromatic nitrogens is 1. The molecule has 1 heterocycles. The summed E-state index contributed by atoms with van der Waals surface area (Å²) < 4.78 is 5.24. The van der Waals surface area contributed by atoms with Gasteiger partial charge in [0.15, 0.2) is 0 Å². The van der Waals surface area contributed by atoms with Crippen LogP contribution < -0.4 is 10.1 Å². The van der Waals surface area contributed by atoms with Gasteiger partial charge < -0.3 is 10.1 Å². The van der Waals surface area contributed by atoms with Crippen molar-refractivity contribution in [1.82, 2.24) is 10.3 Å². The molecule has 2 aromatic rings. The second-order valence-electron chi connectivity index (χ2n) is 4.65. The summed E-state index contributed by atoms with van der Waals surface area (Å²) in [6.45, 7) is 2.17. The first-order valence-electron chi connectivity index (χ1n) is 6.44. The molecule has 0 saturated carbocycles. The van der Waals surface area contributed by atoms with E-state index in [0.717, 1.165) is 23.6 Å². The van der Waals surface area contributed by atoms with E-state index in [1.165, 1.54) is 11.3 Å². The molecule has 0 spiro atoms. The highest BCUT2D eigenvalue weighted by Crippen LogP contribution is 2.19. The number of thiazole rings is 1. The first kappa shape index (κ1) is 14.0. The Bertz CT molecular complexity index is 524. The van der Waals surface area contributed by atoms with Gasteiger partial charge in [0.25, 0.3) is 0 Å². The molecule has 0 aliphatic heterocycles. The molecule has 0 radical (unpaired) electrons. The van der Waals surface area contributed by atoms with Crippen LogP contribution in [0.4, 0.5) is 0 Å². The Hall–Kier alpha value is -1.39. The minimum atomic E-state index is 0.465. The third-order valence-electron chi connectivity index (χ3n) is 3.10. The molecule has 0 fully saturated rings. The van der Waals surface area contributed by atoms with Crippen LogP contribution in [0.25, 0.3) is 0 Å². The standard InChI is InChI=1S/C15H20N2OS/c1-11(16-2)7-13-10-19-15(17-13)9-12-5-4-6-14(8-12)18-3/h4-6,8,10-11,16H,7,9H2,1-3H3. The van der Waals surface area contributed by atoms with Crippen LogP contribution in [0, 0.1) is 0 Å². The largest absolute Gasteiger partial charge is 0.497 e. The van der Waals surface area contributed by atoms with E-state index in [9.17, 15) is 0 Å². The highest BCUT2D eigenvalue weighted by atomic mass is 32.1. The number of methoxy groups -OCH3 is 1. The molecule has 3 nitrogen and oxygen atoms in total. The average Bonchev–Trinajstić information content (AvgIpc) is 2.86. The minimum absolute atomic E-state index is 0.465. The zero-order valence-corrected chi connectivity index (χ0v) is 12.5. The second kappa shape index (κ2) is 6.68. The SMILES string of the molecule is CNC(C)Cc1csc(Cc2cccc(OC)c2)n1. The normalized spacial score (nSPS) is 12.4. The van der Waals surface area contributed by atoms with E-state index < -0.39 is 0 Å². The molecular weight excluding hydrogens is 256 g/mol. The highest BCUT2D eigenvalue weighted by Gasteiger charge is 2.07. The first-order valence-corrected chi connectivity index (χ1v) is 7.32. The number of benzene rings is 1. The van der Waals surface area contributed by atoms with Crippen LogP contribution in [-0.2, 0) is 12.8 Å². The molecule has 1 N–H and O–H groups in total. The molecule has 0 aliphatic carbocycles. The van der Waals surface area contributed by atoms with Crippen molar-refractivity contribution in [3.8, 4) is 5.75 Å². The molecule has 1 aromatic heterocycles. The fourth-order valence-electron chi connectivity index (χ4n) is 1.90. The smallest absolute Gasteiger partial charge is 0.119 e. The summed E-state index contributed by atoms with van der Waals surface area (Å²) in [7, 11) is 3.67. The molecule has 0 amide bonds. The van der Waals surface area contributed by atoms with Crippen molar-refractivity contribution in [3.63, 3.8) is 0 Å². The van der Waals surface area contributed by atoms with E-state index in [1.54, 1.807) is 18.4 Å². The predicted molar refractivity (Wildman–Crippen MR) is 80.1 cm³/mol. The number of likely N-dealkylation sites (N-methyl/N-ethyl adjacent to an activating group) is 1. The summed E-state index contributed by atoms with van der Waals surface area (Å²) in [4.78, 5) is 4.69. The van der Waals surface area contributed by atoms with Crippen molar-refractivity contribution < 1.29 is 4.74 Å². The lowest BCUT2D eigenvalue weighted by molar-refractivity contribution is 0.414. The van der Waals surface area contributed by atoms with E-state index in [1.807, 2.05) is 19.2 Å². The lowest BCUT2D eigenvalue weighted by Gasteiger charge is -2.06. The van der Waals surface area contributed by atoms with Gasteiger partial charge >= 0.3 is 0 Å². The second-order valence-corrected chi connectivity index (χ2v) is 5.60. The molecule has 1 atom stereocenters. The van der Waals surface area contributed by atoms with Crippen LogP contribution in [0.5, 0.6) is 5.75 Å². The third kappa shape index (κ3) is 4.04. The van der Waals surface area contributed by atoms with Crippen molar-refractivity contribution in [2.45, 2.75) is 25.8 Å². The Morgan fingerprint density at radius 2 is 2.26 bits per heavy atom. The van der Waals surface area contributed by atoms with Crippen molar-refractivity contribution >= 4 is 11.3 Å². The lowest BCUT2D eigenvalue weighted by Crippen LogP contribution is -2.23. The fourth-order valence-corrected chi connectivity index (χ4v) is 2.74. The van der Waals surface area contributed by atoms with E-state index in [0.29, 0.717) is 6.04 Å². The van der Waals surface area contributed by atoms with Gasteiger partial charge in [-0.3, -0.25) is 0 Å². The average molecular weight is 276 g/mol. The number of hydrogen-bond donors (Lipinski definition) is 1. The van der Waals surface area contributed by atoms with Crippen molar-refractivity contribution in [2.75, 3.05) is 14.2 Å². The van der Waals surface area contributed by atoms with Crippen molar-refractivity contribution in [1.29, 1.82) is 0 Å². The molecule has 0 bridgehead atoms. The van der Waals surface area contributed by atoms with Gasteiger partial charge in [-0.25, -0.2) is 4.98 Å². The van der Waals surface area contributed by atoms with Gasteiger partial charge in [0, 0.05) is 24.3 Å². The van der Waals surface area contributed by atoms with Gasteiger partial charge in [-0.05, 0) is 31.7 Å². The molecule has 102 valence electrons. The van der Waals surface area contributed by atoms with Crippen molar-refractivity contribution in [2.24, 2.45) is 0 Å². The highest BCUT2D eigenvalue weighted by molar-refractivity contribution is 7.09. The van der Waals surface area contributed by atoms with Gasteiger partial charge in [0.2, 0.25) is 0 Å². The Morgan fingerprint density at radius 3 is 3.00 bits per heavy atom. The third-order valence-corrected chi connectivity index (χ3v) is 3.99. The quantitative estimate of drug-likeness (QED) is 0.881.